The molecule has 0 amide bonds. The maximum absolute atomic E-state index is 3.59. The van der Waals surface area contributed by atoms with Crippen LogP contribution in [0.2, 0.25) is 0 Å². The van der Waals surface area contributed by atoms with Crippen molar-refractivity contribution in [1.29, 1.82) is 0 Å². The van der Waals surface area contributed by atoms with Crippen LogP contribution in [0.4, 0.5) is 5.69 Å². The molecule has 1 heterocycles. The average molecular weight is 267 g/mol. The van der Waals surface area contributed by atoms with Gasteiger partial charge in [0.05, 0.1) is 6.04 Å². The largest absolute Gasteiger partial charge is 0.355 e. The maximum Gasteiger partial charge on any atom is 0.143 e. The smallest absolute Gasteiger partial charge is 0.143 e. The average Bonchev–Trinajstić information content (AvgIpc) is 2.49. The highest BCUT2D eigenvalue weighted by molar-refractivity contribution is 5.58. The Morgan fingerprint density at radius 3 is 2.40 bits per heavy atom. The van der Waals surface area contributed by atoms with E-state index in [0.29, 0.717) is 0 Å². The molecule has 1 aliphatic rings. The molecule has 3 rings (SSSR count). The topological polar surface area (TPSA) is 27.3 Å². The van der Waals surface area contributed by atoms with E-state index in [4.69, 9.17) is 0 Å². The number of fused-ring (bicyclic) bond motifs is 1. The van der Waals surface area contributed by atoms with Crippen LogP contribution >= 0.6 is 0 Å². The maximum atomic E-state index is 3.59. The molecule has 3 heteroatoms. The number of para-hydroxylation sites is 1. The van der Waals surface area contributed by atoms with Gasteiger partial charge in [-0.1, -0.05) is 48.5 Å². The number of benzene rings is 2. The van der Waals surface area contributed by atoms with E-state index in [-0.39, 0.29) is 11.8 Å². The molecule has 0 saturated heterocycles. The van der Waals surface area contributed by atoms with E-state index in [2.05, 4.69) is 84.1 Å². The predicted molar refractivity (Wildman–Crippen MR) is 83.6 cm³/mol. The van der Waals surface area contributed by atoms with Gasteiger partial charge in [-0.3, -0.25) is 10.2 Å². The fraction of sp³-hybridized carbons (Fsp3) is 0.294. The number of hydrogen-bond acceptors (Lipinski definition) is 3. The summed E-state index contributed by atoms with van der Waals surface area (Å²) < 4.78 is 0. The minimum absolute atomic E-state index is 0.242. The minimum atomic E-state index is -0.269. The zero-order valence-corrected chi connectivity index (χ0v) is 12.2. The van der Waals surface area contributed by atoms with Crippen molar-refractivity contribution in [2.75, 3.05) is 19.4 Å². The van der Waals surface area contributed by atoms with Crippen LogP contribution < -0.4 is 10.6 Å². The van der Waals surface area contributed by atoms with Crippen LogP contribution in [0.1, 0.15) is 24.1 Å². The Morgan fingerprint density at radius 1 is 1.05 bits per heavy atom. The molecule has 104 valence electrons. The Hall–Kier alpha value is -1.84. The summed E-state index contributed by atoms with van der Waals surface area (Å²) >= 11 is 0. The zero-order valence-electron chi connectivity index (χ0n) is 12.2. The number of hydrogen-bond donors (Lipinski definition) is 2. The second kappa shape index (κ2) is 4.93. The molecule has 3 nitrogen and oxygen atoms in total. The van der Waals surface area contributed by atoms with Crippen LogP contribution in [0, 0.1) is 0 Å². The third-order valence-corrected chi connectivity index (χ3v) is 4.33. The van der Waals surface area contributed by atoms with Crippen molar-refractivity contribution in [3.63, 3.8) is 0 Å². The molecule has 2 N–H and O–H groups in total. The van der Waals surface area contributed by atoms with Gasteiger partial charge in [0, 0.05) is 5.69 Å². The Morgan fingerprint density at radius 2 is 1.70 bits per heavy atom. The first-order valence-electron chi connectivity index (χ1n) is 6.99. The van der Waals surface area contributed by atoms with Crippen molar-refractivity contribution in [3.8, 4) is 0 Å². The van der Waals surface area contributed by atoms with E-state index in [1.165, 1.54) is 16.8 Å². The summed E-state index contributed by atoms with van der Waals surface area (Å²) in [6.45, 7) is 2.17. The second-order valence-electron chi connectivity index (χ2n) is 5.46. The first kappa shape index (κ1) is 13.2. The second-order valence-corrected chi connectivity index (χ2v) is 5.46. The van der Waals surface area contributed by atoms with Gasteiger partial charge < -0.3 is 5.32 Å². The molecule has 20 heavy (non-hydrogen) atoms. The van der Waals surface area contributed by atoms with Crippen LogP contribution in [0.25, 0.3) is 0 Å². The molecule has 2 atom stereocenters. The monoisotopic (exact) mass is 267 g/mol. The number of rotatable bonds is 2. The van der Waals surface area contributed by atoms with E-state index in [1.54, 1.807) is 0 Å². The molecule has 1 aliphatic heterocycles. The number of anilines is 1. The van der Waals surface area contributed by atoms with Gasteiger partial charge in [-0.25, -0.2) is 0 Å². The van der Waals surface area contributed by atoms with E-state index >= 15 is 0 Å². The van der Waals surface area contributed by atoms with Gasteiger partial charge in [-0.2, -0.15) is 0 Å². The molecule has 0 radical (unpaired) electrons. The predicted octanol–water partition coefficient (Wildman–Crippen LogP) is 3.03. The van der Waals surface area contributed by atoms with Crippen molar-refractivity contribution < 1.29 is 0 Å². The first-order chi connectivity index (χ1) is 9.65. The summed E-state index contributed by atoms with van der Waals surface area (Å²) in [5.41, 5.74) is 3.82. The standard InChI is InChI=1S/C17H21N3/c1-17(18-2)19-15-12-8-7-11-14(15)16(20(17)3)13-9-5-4-6-10-13/h4-12,16,18-19H,1-3H3. The quantitative estimate of drug-likeness (QED) is 0.876. The van der Waals surface area contributed by atoms with Gasteiger partial charge in [0.25, 0.3) is 0 Å². The fourth-order valence-corrected chi connectivity index (χ4v) is 2.94. The van der Waals surface area contributed by atoms with Crippen LogP contribution in [0.3, 0.4) is 0 Å². The summed E-state index contributed by atoms with van der Waals surface area (Å²) in [7, 11) is 4.14. The summed E-state index contributed by atoms with van der Waals surface area (Å²) in [5, 5.41) is 6.97. The lowest BCUT2D eigenvalue weighted by atomic mass is 9.92. The van der Waals surface area contributed by atoms with Crippen LogP contribution in [0.5, 0.6) is 0 Å². The SMILES string of the molecule is CNC1(C)Nc2ccccc2C(c2ccccc2)N1C. The van der Waals surface area contributed by atoms with Gasteiger partial charge in [-0.05, 0) is 38.2 Å². The van der Waals surface area contributed by atoms with E-state index in [0.717, 1.165) is 0 Å². The van der Waals surface area contributed by atoms with Gasteiger partial charge in [0.1, 0.15) is 5.79 Å². The lowest BCUT2D eigenvalue weighted by Crippen LogP contribution is -2.62. The highest BCUT2D eigenvalue weighted by Crippen LogP contribution is 2.40. The summed E-state index contributed by atoms with van der Waals surface area (Å²) in [6.07, 6.45) is 0. The molecular formula is C17H21N3. The van der Waals surface area contributed by atoms with Crippen LogP contribution in [-0.4, -0.2) is 24.8 Å². The fourth-order valence-electron chi connectivity index (χ4n) is 2.94. The Kier molecular flexibility index (Phi) is 3.24. The summed E-state index contributed by atoms with van der Waals surface area (Å²) in [5.74, 6) is -0.269. The third kappa shape index (κ3) is 1.99. The van der Waals surface area contributed by atoms with Crippen molar-refractivity contribution in [2.24, 2.45) is 0 Å². The minimum Gasteiger partial charge on any atom is -0.355 e. The normalized spacial score (nSPS) is 25.9. The highest BCUT2D eigenvalue weighted by Gasteiger charge is 2.39. The molecule has 0 aliphatic carbocycles. The Balaban J connectivity index is 2.16. The van der Waals surface area contributed by atoms with Crippen molar-refractivity contribution in [1.82, 2.24) is 10.2 Å². The number of nitrogens with zero attached hydrogens (tertiary/aromatic N) is 1. The molecule has 0 fully saturated rings. The van der Waals surface area contributed by atoms with Crippen molar-refractivity contribution in [3.05, 3.63) is 65.7 Å². The van der Waals surface area contributed by atoms with Gasteiger partial charge in [0.15, 0.2) is 0 Å². The lowest BCUT2D eigenvalue weighted by Gasteiger charge is -2.49. The molecule has 0 spiro atoms. The van der Waals surface area contributed by atoms with Gasteiger partial charge in [-0.15, -0.1) is 0 Å². The first-order valence-corrected chi connectivity index (χ1v) is 6.99. The molecule has 2 unspecified atom stereocenters. The van der Waals surface area contributed by atoms with Gasteiger partial charge in [0.2, 0.25) is 0 Å². The molecule has 2 aromatic carbocycles. The van der Waals surface area contributed by atoms with Gasteiger partial charge >= 0.3 is 0 Å². The lowest BCUT2D eigenvalue weighted by molar-refractivity contribution is 0.0940. The molecular weight excluding hydrogens is 246 g/mol. The summed E-state index contributed by atoms with van der Waals surface area (Å²) in [6, 6.07) is 19.4. The zero-order chi connectivity index (χ0) is 14.2. The Bertz CT molecular complexity index is 596. The van der Waals surface area contributed by atoms with Crippen molar-refractivity contribution in [2.45, 2.75) is 18.8 Å². The molecule has 0 saturated carbocycles. The van der Waals surface area contributed by atoms with E-state index in [1.807, 2.05) is 7.05 Å². The Labute approximate surface area is 120 Å². The van der Waals surface area contributed by atoms with Crippen LogP contribution in [-0.2, 0) is 0 Å². The molecule has 0 aromatic heterocycles. The molecule has 2 aromatic rings. The van der Waals surface area contributed by atoms with Crippen molar-refractivity contribution >= 4 is 5.69 Å². The van der Waals surface area contributed by atoms with Crippen LogP contribution in [0.15, 0.2) is 54.6 Å². The molecule has 0 bridgehead atoms. The third-order valence-electron chi connectivity index (χ3n) is 4.33. The summed E-state index contributed by atoms with van der Waals surface area (Å²) in [4.78, 5) is 2.34. The van der Waals surface area contributed by atoms with E-state index < -0.39 is 0 Å². The van der Waals surface area contributed by atoms with E-state index in [9.17, 15) is 0 Å². The highest BCUT2D eigenvalue weighted by atomic mass is 15.4. The number of nitrogens with one attached hydrogen (secondary N) is 2.